The quantitative estimate of drug-likeness (QED) is 0.0389. The first kappa shape index (κ1) is 49.6. The molecule has 0 saturated heterocycles. The van der Waals surface area contributed by atoms with Crippen molar-refractivity contribution in [2.75, 3.05) is 6.61 Å². The highest BCUT2D eigenvalue weighted by atomic mass is 16.4. The third-order valence-electron chi connectivity index (χ3n) is 7.62. The van der Waals surface area contributed by atoms with Gasteiger partial charge in [0.25, 0.3) is 0 Å². The summed E-state index contributed by atoms with van der Waals surface area (Å²) in [4.78, 5) is 126. The van der Waals surface area contributed by atoms with Gasteiger partial charge in [0.15, 0.2) is 6.04 Å². The van der Waals surface area contributed by atoms with Crippen molar-refractivity contribution in [2.24, 2.45) is 29.0 Å². The summed E-state index contributed by atoms with van der Waals surface area (Å²) in [5, 5.41) is 51.1. The van der Waals surface area contributed by atoms with Gasteiger partial charge in [0.1, 0.15) is 36.3 Å². The van der Waals surface area contributed by atoms with Gasteiger partial charge in [0, 0.05) is 6.42 Å². The first-order chi connectivity index (χ1) is 25.4. The van der Waals surface area contributed by atoms with Gasteiger partial charge < -0.3 is 69.5 Å². The van der Waals surface area contributed by atoms with Crippen LogP contribution < -0.4 is 49.1 Å². The number of aliphatic carboxylic acids is 2. The maximum Gasteiger partial charge on any atom is 0.328 e. The largest absolute Gasteiger partial charge is 0.481 e. The van der Waals surface area contributed by atoms with Crippen LogP contribution in [0.1, 0.15) is 73.1 Å². The molecule has 0 aliphatic rings. The Balaban J connectivity index is 6.40. The molecule has 0 aromatic heterocycles. The predicted octanol–water partition coefficient (Wildman–Crippen LogP) is -5.61. The van der Waals surface area contributed by atoms with Crippen molar-refractivity contribution < 1.29 is 68.4 Å². The van der Waals surface area contributed by atoms with E-state index in [-0.39, 0.29) is 24.7 Å². The van der Waals surface area contributed by atoms with Crippen molar-refractivity contribution in [3.63, 3.8) is 0 Å². The second-order valence-electron chi connectivity index (χ2n) is 13.7. The fourth-order valence-corrected chi connectivity index (χ4v) is 4.85. The normalized spacial score (nSPS) is 15.5. The molecule has 0 aliphatic heterocycles. The summed E-state index contributed by atoms with van der Waals surface area (Å²) in [5.41, 5.74) is 16.0. The first-order valence-corrected chi connectivity index (χ1v) is 17.3. The van der Waals surface area contributed by atoms with Gasteiger partial charge in [-0.25, -0.2) is 4.79 Å². The Bertz CT molecular complexity index is 1410. The van der Waals surface area contributed by atoms with E-state index in [1.807, 2.05) is 5.32 Å². The van der Waals surface area contributed by atoms with Crippen LogP contribution in [0, 0.1) is 11.8 Å². The molecule has 0 heterocycles. The fraction of sp³-hybridized carbons (Fsp3) is 0.688. The molecule has 0 aromatic carbocycles. The number of primary amides is 2. The summed E-state index contributed by atoms with van der Waals surface area (Å²) in [6.45, 7) is 7.03. The van der Waals surface area contributed by atoms with Gasteiger partial charge in [-0.2, -0.15) is 0 Å². The first-order valence-electron chi connectivity index (χ1n) is 17.3. The second-order valence-corrected chi connectivity index (χ2v) is 13.7. The minimum absolute atomic E-state index is 0.00507. The second kappa shape index (κ2) is 24.1. The Labute approximate surface area is 316 Å². The van der Waals surface area contributed by atoms with Gasteiger partial charge in [-0.05, 0) is 38.0 Å². The van der Waals surface area contributed by atoms with Crippen LogP contribution in [-0.2, 0) is 47.9 Å². The third kappa shape index (κ3) is 19.5. The molecule has 8 atom stereocenters. The minimum atomic E-state index is -1.89. The molecular weight excluding hydrogens is 734 g/mol. The van der Waals surface area contributed by atoms with Crippen molar-refractivity contribution in [3.05, 3.63) is 0 Å². The van der Waals surface area contributed by atoms with Crippen LogP contribution in [0.5, 0.6) is 0 Å². The number of carbonyl (C=O) groups is 10. The summed E-state index contributed by atoms with van der Waals surface area (Å²) < 4.78 is 0. The Morgan fingerprint density at radius 1 is 0.545 bits per heavy atom. The number of carboxylic acid groups (broad SMARTS) is 2. The number of nitrogens with one attached hydrogen (secondary N) is 6. The minimum Gasteiger partial charge on any atom is -0.481 e. The SMILES string of the molecule is CC(C)C[C@H](NC(=O)[C@H](CC(N)=O)NC(=O)[C@H](CC(=O)O)NC(=O)[C@H](CC(C)C)NC(=O)[C@@H](N)CO)C(=O)N[C@@H](CCC(N)=O)C(=O)N[C@H](C(=O)O)[C@@H](C)O. The van der Waals surface area contributed by atoms with Crippen molar-refractivity contribution >= 4 is 59.2 Å². The lowest BCUT2D eigenvalue weighted by Gasteiger charge is -2.28. The molecule has 0 aromatic rings. The molecule has 55 heavy (non-hydrogen) atoms. The number of rotatable bonds is 26. The van der Waals surface area contributed by atoms with E-state index >= 15 is 0 Å². The third-order valence-corrected chi connectivity index (χ3v) is 7.62. The lowest BCUT2D eigenvalue weighted by molar-refractivity contribution is -0.145. The van der Waals surface area contributed by atoms with Crippen LogP contribution in [0.2, 0.25) is 0 Å². The molecule has 312 valence electrons. The molecule has 16 N–H and O–H groups in total. The van der Waals surface area contributed by atoms with E-state index in [1.54, 1.807) is 27.7 Å². The molecule has 0 bridgehead atoms. The van der Waals surface area contributed by atoms with E-state index in [0.29, 0.717) is 0 Å². The van der Waals surface area contributed by atoms with Crippen LogP contribution >= 0.6 is 0 Å². The molecule has 0 fully saturated rings. The summed E-state index contributed by atoms with van der Waals surface area (Å²) in [6, 6.07) is -11.4. The summed E-state index contributed by atoms with van der Waals surface area (Å²) in [7, 11) is 0. The van der Waals surface area contributed by atoms with E-state index < -0.39 is 140 Å². The molecule has 23 heteroatoms. The van der Waals surface area contributed by atoms with Gasteiger partial charge in [-0.1, -0.05) is 27.7 Å². The molecule has 0 spiro atoms. The lowest BCUT2D eigenvalue weighted by Crippen LogP contribution is -2.61. The van der Waals surface area contributed by atoms with Crippen LogP contribution in [0.15, 0.2) is 0 Å². The summed E-state index contributed by atoms with van der Waals surface area (Å²) >= 11 is 0. The fourth-order valence-electron chi connectivity index (χ4n) is 4.85. The smallest absolute Gasteiger partial charge is 0.328 e. The van der Waals surface area contributed by atoms with Gasteiger partial charge in [-0.15, -0.1) is 0 Å². The number of carbonyl (C=O) groups excluding carboxylic acids is 8. The standard InChI is InChI=1S/C32H55N9O14/c1-13(2)8-18(37-26(48)16(33)12-42)29(51)40-21(11-24(46)47)31(53)39-20(10-23(35)45)30(52)38-19(9-14(3)4)28(50)36-17(6-7-22(34)44)27(49)41-25(15(5)43)32(54)55/h13-21,25,42-43H,6-12,33H2,1-5H3,(H2,34,44)(H2,35,45)(H,36,50)(H,37,48)(H,38,52)(H,39,53)(H,40,51)(H,41,49)(H,46,47)(H,54,55)/t15-,16+,17+,18+,19+,20+,21+,25+/m1/s1. The average Bonchev–Trinajstić information content (AvgIpc) is 3.05. The van der Waals surface area contributed by atoms with Crippen LogP contribution in [-0.4, -0.2) is 135 Å². The van der Waals surface area contributed by atoms with E-state index in [1.165, 1.54) is 0 Å². The zero-order valence-corrected chi connectivity index (χ0v) is 31.3. The molecule has 23 nitrogen and oxygen atoms in total. The van der Waals surface area contributed by atoms with Crippen molar-refractivity contribution in [2.45, 2.75) is 122 Å². The summed E-state index contributed by atoms with van der Waals surface area (Å²) in [6.07, 6.45) is -4.49. The van der Waals surface area contributed by atoms with Gasteiger partial charge in [0.2, 0.25) is 47.3 Å². The number of nitrogens with two attached hydrogens (primary N) is 3. The van der Waals surface area contributed by atoms with Gasteiger partial charge in [0.05, 0.1) is 25.6 Å². The highest BCUT2D eigenvalue weighted by molar-refractivity contribution is 5.99. The number of hydrogen-bond acceptors (Lipinski definition) is 13. The van der Waals surface area contributed by atoms with Crippen molar-refractivity contribution in [1.82, 2.24) is 31.9 Å². The number of hydrogen-bond donors (Lipinski definition) is 13. The van der Waals surface area contributed by atoms with Gasteiger partial charge >= 0.3 is 11.9 Å². The Morgan fingerprint density at radius 3 is 1.29 bits per heavy atom. The maximum atomic E-state index is 13.5. The molecule has 0 aliphatic carbocycles. The maximum absolute atomic E-state index is 13.5. The Morgan fingerprint density at radius 2 is 0.927 bits per heavy atom. The molecule has 8 amide bonds. The predicted molar refractivity (Wildman–Crippen MR) is 189 cm³/mol. The van der Waals surface area contributed by atoms with Crippen LogP contribution in [0.4, 0.5) is 0 Å². The van der Waals surface area contributed by atoms with E-state index in [4.69, 9.17) is 17.2 Å². The van der Waals surface area contributed by atoms with Crippen LogP contribution in [0.3, 0.4) is 0 Å². The van der Waals surface area contributed by atoms with Gasteiger partial charge in [-0.3, -0.25) is 43.2 Å². The monoisotopic (exact) mass is 789 g/mol. The highest BCUT2D eigenvalue weighted by Crippen LogP contribution is 2.10. The summed E-state index contributed by atoms with van der Waals surface area (Å²) in [5.74, 6) is -12.3. The zero-order chi connectivity index (χ0) is 42.7. The van der Waals surface area contributed by atoms with E-state index in [2.05, 4.69) is 26.6 Å². The molecule has 0 saturated carbocycles. The number of carboxylic acids is 2. The number of aliphatic hydroxyl groups is 2. The van der Waals surface area contributed by atoms with E-state index in [9.17, 15) is 68.4 Å². The molecule has 0 radical (unpaired) electrons. The topological polar surface area (TPSA) is 402 Å². The highest BCUT2D eigenvalue weighted by Gasteiger charge is 2.35. The molecule has 0 unspecified atom stereocenters. The molecular formula is C32H55N9O14. The average molecular weight is 790 g/mol. The lowest BCUT2D eigenvalue weighted by atomic mass is 10.0. The molecule has 0 rings (SSSR count). The Kier molecular flexibility index (Phi) is 21.7. The number of amides is 8. The van der Waals surface area contributed by atoms with Crippen LogP contribution in [0.25, 0.3) is 0 Å². The Hall–Kier alpha value is -5.42. The number of aliphatic hydroxyl groups excluding tert-OH is 2. The zero-order valence-electron chi connectivity index (χ0n) is 31.3. The van der Waals surface area contributed by atoms with Crippen molar-refractivity contribution in [1.29, 1.82) is 0 Å². The van der Waals surface area contributed by atoms with Crippen molar-refractivity contribution in [3.8, 4) is 0 Å². The van der Waals surface area contributed by atoms with E-state index in [0.717, 1.165) is 6.92 Å².